The third kappa shape index (κ3) is 39.9. The van der Waals surface area contributed by atoms with Crippen LogP contribution in [0.2, 0.25) is 0 Å². The molecule has 9 heteroatoms. The number of phosphoric ester groups is 1. The molecule has 0 aromatic carbocycles. The van der Waals surface area contributed by atoms with Crippen LogP contribution in [0, 0.1) is 0 Å². The number of likely N-dealkylation sites (N-methyl/N-ethyl adjacent to an activating group) is 1. The highest BCUT2D eigenvalue weighted by Gasteiger charge is 2.20. The molecule has 0 N–H and O–H groups in total. The van der Waals surface area contributed by atoms with E-state index in [9.17, 15) is 14.3 Å². The minimum atomic E-state index is -4.52. The first kappa shape index (κ1) is 50.7. The first-order valence-corrected chi connectivity index (χ1v) is 22.7. The highest BCUT2D eigenvalue weighted by atomic mass is 31.2. The molecule has 0 radical (unpaired) electrons. The van der Waals surface area contributed by atoms with Gasteiger partial charge in [0.2, 0.25) is 0 Å². The van der Waals surface area contributed by atoms with Crippen molar-refractivity contribution >= 4 is 13.8 Å². The second-order valence-electron chi connectivity index (χ2n) is 15.3. The summed E-state index contributed by atoms with van der Waals surface area (Å²) in [6.45, 7) is 5.29. The summed E-state index contributed by atoms with van der Waals surface area (Å²) in [5.74, 6) is -0.338. The smallest absolute Gasteiger partial charge is 0.306 e. The fourth-order valence-corrected chi connectivity index (χ4v) is 6.41. The van der Waals surface area contributed by atoms with Gasteiger partial charge in [-0.05, 0) is 44.9 Å². The number of hydrogen-bond donors (Lipinski definition) is 0. The molecule has 0 spiro atoms. The fourth-order valence-electron chi connectivity index (χ4n) is 5.68. The minimum Gasteiger partial charge on any atom is -0.756 e. The predicted octanol–water partition coefficient (Wildman–Crippen LogP) is 11.6. The average molecular weight is 756 g/mol. The molecule has 0 saturated heterocycles. The van der Waals surface area contributed by atoms with Gasteiger partial charge in [-0.25, -0.2) is 0 Å². The van der Waals surface area contributed by atoms with Gasteiger partial charge >= 0.3 is 5.97 Å². The molecule has 0 bridgehead atoms. The van der Waals surface area contributed by atoms with Crippen molar-refractivity contribution in [1.82, 2.24) is 0 Å². The molecule has 0 saturated carbocycles. The Labute approximate surface area is 321 Å². The number of hydrogen-bond acceptors (Lipinski definition) is 7. The molecule has 8 nitrogen and oxygen atoms in total. The third-order valence-electron chi connectivity index (χ3n) is 8.96. The van der Waals surface area contributed by atoms with Gasteiger partial charge in [0.25, 0.3) is 7.82 Å². The second-order valence-corrected chi connectivity index (χ2v) is 16.7. The summed E-state index contributed by atoms with van der Waals surface area (Å²) in [4.78, 5) is 25.0. The zero-order valence-corrected chi connectivity index (χ0v) is 35.4. The van der Waals surface area contributed by atoms with Gasteiger partial charge < -0.3 is 27.9 Å². The first-order chi connectivity index (χ1) is 25.1. The summed E-state index contributed by atoms with van der Waals surface area (Å²) >= 11 is 0. The molecule has 2 unspecified atom stereocenters. The predicted molar refractivity (Wildman–Crippen MR) is 217 cm³/mol. The standard InChI is InChI=1S/C43H82NO7P/c1-6-8-10-12-14-16-18-20-21-22-23-24-25-27-29-31-33-35-38-48-40-42(41-50-52(46,47)49-39-37-44(3,4)5)51-43(45)36-34-32-30-28-26-19-17-15-13-11-9-7-2/h8,10,14,16,20-21,42H,6-7,9,11-13,15,17-19,22-41H2,1-5H3/b10-8-,16-14-,21-20-. The molecule has 0 aliphatic carbocycles. The van der Waals surface area contributed by atoms with Gasteiger partial charge in [0.05, 0.1) is 34.4 Å². The summed E-state index contributed by atoms with van der Waals surface area (Å²) in [7, 11) is 1.35. The van der Waals surface area contributed by atoms with Gasteiger partial charge in [-0.1, -0.05) is 159 Å². The Bertz CT molecular complexity index is 931. The molecule has 0 aromatic heterocycles. The van der Waals surface area contributed by atoms with Crippen molar-refractivity contribution in [3.8, 4) is 0 Å². The number of phosphoric acid groups is 1. The van der Waals surface area contributed by atoms with Gasteiger partial charge in [-0.2, -0.15) is 0 Å². The molecule has 0 heterocycles. The van der Waals surface area contributed by atoms with Crippen molar-refractivity contribution in [2.24, 2.45) is 0 Å². The highest BCUT2D eigenvalue weighted by molar-refractivity contribution is 7.45. The van der Waals surface area contributed by atoms with Crippen LogP contribution in [0.4, 0.5) is 0 Å². The van der Waals surface area contributed by atoms with Crippen LogP contribution in [0.25, 0.3) is 0 Å². The van der Waals surface area contributed by atoms with E-state index in [-0.39, 0.29) is 25.8 Å². The van der Waals surface area contributed by atoms with E-state index < -0.39 is 13.9 Å². The van der Waals surface area contributed by atoms with Crippen LogP contribution in [0.15, 0.2) is 36.5 Å². The van der Waals surface area contributed by atoms with Gasteiger partial charge in [0.1, 0.15) is 19.3 Å². The lowest BCUT2D eigenvalue weighted by molar-refractivity contribution is -0.870. The Morgan fingerprint density at radius 1 is 0.615 bits per heavy atom. The number of esters is 1. The number of carbonyl (C=O) groups is 1. The number of allylic oxidation sites excluding steroid dienone is 6. The van der Waals surface area contributed by atoms with Crippen LogP contribution in [0.1, 0.15) is 174 Å². The number of ether oxygens (including phenoxy) is 2. The SMILES string of the molecule is CC/C=C\C/C=C\C/C=C\CCCCCCCCCCOCC(COP(=O)([O-])OCC[N+](C)(C)C)OC(=O)CCCCCCCCCCCCCC. The number of quaternary nitrogens is 1. The Balaban J connectivity index is 4.23. The number of carbonyl (C=O) groups excluding carboxylic acids is 1. The Morgan fingerprint density at radius 3 is 1.67 bits per heavy atom. The largest absolute Gasteiger partial charge is 0.756 e. The lowest BCUT2D eigenvalue weighted by atomic mass is 10.0. The highest BCUT2D eigenvalue weighted by Crippen LogP contribution is 2.38. The monoisotopic (exact) mass is 756 g/mol. The van der Waals surface area contributed by atoms with Crippen molar-refractivity contribution in [3.05, 3.63) is 36.5 Å². The van der Waals surface area contributed by atoms with Gasteiger partial charge in [-0.3, -0.25) is 9.36 Å². The number of rotatable bonds is 39. The van der Waals surface area contributed by atoms with E-state index >= 15 is 0 Å². The molecule has 2 atom stereocenters. The molecule has 0 fully saturated rings. The molecule has 306 valence electrons. The minimum absolute atomic E-state index is 0.0251. The molecule has 0 aromatic rings. The molecule has 0 amide bonds. The Morgan fingerprint density at radius 2 is 1.12 bits per heavy atom. The summed E-state index contributed by atoms with van der Waals surface area (Å²) in [5.41, 5.74) is 0. The summed E-state index contributed by atoms with van der Waals surface area (Å²) in [6.07, 6.45) is 41.5. The van der Waals surface area contributed by atoms with E-state index in [2.05, 4.69) is 50.3 Å². The molecule has 52 heavy (non-hydrogen) atoms. The third-order valence-corrected chi connectivity index (χ3v) is 9.92. The fraction of sp³-hybridized carbons (Fsp3) is 0.837. The maximum absolute atomic E-state index is 12.6. The van der Waals surface area contributed by atoms with E-state index in [4.69, 9.17) is 18.5 Å². The van der Waals surface area contributed by atoms with Gasteiger partial charge in [0.15, 0.2) is 0 Å². The topological polar surface area (TPSA) is 94.1 Å². The van der Waals surface area contributed by atoms with E-state index in [1.54, 1.807) is 0 Å². The van der Waals surface area contributed by atoms with E-state index in [1.807, 2.05) is 21.1 Å². The number of unbranched alkanes of at least 4 members (excludes halogenated alkanes) is 19. The average Bonchev–Trinajstić information content (AvgIpc) is 3.09. The van der Waals surface area contributed by atoms with E-state index in [0.29, 0.717) is 24.1 Å². The van der Waals surface area contributed by atoms with Gasteiger partial charge in [-0.15, -0.1) is 0 Å². The van der Waals surface area contributed by atoms with Crippen LogP contribution < -0.4 is 4.89 Å². The van der Waals surface area contributed by atoms with Crippen molar-refractivity contribution in [2.75, 3.05) is 54.1 Å². The summed E-state index contributed by atoms with van der Waals surface area (Å²) in [6, 6.07) is 0. The van der Waals surface area contributed by atoms with Crippen LogP contribution in [0.3, 0.4) is 0 Å². The van der Waals surface area contributed by atoms with Crippen molar-refractivity contribution < 1.29 is 37.3 Å². The number of nitrogens with zero attached hydrogens (tertiary/aromatic N) is 1. The van der Waals surface area contributed by atoms with Crippen LogP contribution in [-0.4, -0.2) is 70.7 Å². The molecular weight excluding hydrogens is 673 g/mol. The molecule has 0 aliphatic rings. The Hall–Kier alpha value is -1.28. The zero-order valence-electron chi connectivity index (χ0n) is 34.5. The summed E-state index contributed by atoms with van der Waals surface area (Å²) in [5, 5.41) is 0. The van der Waals surface area contributed by atoms with E-state index in [0.717, 1.165) is 57.8 Å². The van der Waals surface area contributed by atoms with Crippen molar-refractivity contribution in [3.63, 3.8) is 0 Å². The molecule has 0 rings (SSSR count). The van der Waals surface area contributed by atoms with Crippen molar-refractivity contribution in [1.29, 1.82) is 0 Å². The van der Waals surface area contributed by atoms with Crippen LogP contribution in [0.5, 0.6) is 0 Å². The maximum Gasteiger partial charge on any atom is 0.306 e. The lowest BCUT2D eigenvalue weighted by Gasteiger charge is -2.28. The quantitative estimate of drug-likeness (QED) is 0.0203. The first-order valence-electron chi connectivity index (χ1n) is 21.2. The van der Waals surface area contributed by atoms with Crippen LogP contribution in [-0.2, 0) is 27.9 Å². The Kier molecular flexibility index (Phi) is 35.8. The van der Waals surface area contributed by atoms with E-state index in [1.165, 1.54) is 96.3 Å². The van der Waals surface area contributed by atoms with Crippen molar-refractivity contribution in [2.45, 2.75) is 180 Å². The maximum atomic E-state index is 12.6. The molecular formula is C43H82NO7P. The van der Waals surface area contributed by atoms with Gasteiger partial charge in [0, 0.05) is 13.0 Å². The molecule has 0 aliphatic heterocycles. The lowest BCUT2D eigenvalue weighted by Crippen LogP contribution is -2.37. The summed E-state index contributed by atoms with van der Waals surface area (Å²) < 4.78 is 34.5. The van der Waals surface area contributed by atoms with Crippen LogP contribution >= 0.6 is 7.82 Å². The normalized spacial score (nSPS) is 14.2. The zero-order chi connectivity index (χ0) is 38.4. The second kappa shape index (κ2) is 36.7.